The molecule has 1 N–H and O–H groups in total. The molecule has 0 saturated heterocycles. The molecule has 2 rings (SSSR count). The Hall–Kier alpha value is -0.580. The normalized spacial score (nSPS) is 22.7. The molecule has 0 unspecified atom stereocenters. The molecule has 1 aromatic heterocycles. The van der Waals surface area contributed by atoms with Crippen LogP contribution in [0.3, 0.4) is 0 Å². The van der Waals surface area contributed by atoms with E-state index in [-0.39, 0.29) is 0 Å². The summed E-state index contributed by atoms with van der Waals surface area (Å²) >= 11 is 6.42. The Morgan fingerprint density at radius 1 is 1.24 bits per heavy atom. The van der Waals surface area contributed by atoms with E-state index in [9.17, 15) is 0 Å². The fourth-order valence-electron chi connectivity index (χ4n) is 3.07. The predicted octanol–water partition coefficient (Wildman–Crippen LogP) is 3.56. The molecule has 4 nitrogen and oxygen atoms in total. The first kappa shape index (κ1) is 16.8. The molecule has 1 aromatic rings. The van der Waals surface area contributed by atoms with Crippen molar-refractivity contribution in [2.45, 2.75) is 78.2 Å². The molecule has 0 aromatic carbocycles. The summed E-state index contributed by atoms with van der Waals surface area (Å²) in [6.45, 7) is 8.82. The number of ether oxygens (including phenoxy) is 1. The number of hydrogen-bond donors (Lipinski definition) is 1. The van der Waals surface area contributed by atoms with Crippen LogP contribution in [-0.2, 0) is 24.3 Å². The summed E-state index contributed by atoms with van der Waals surface area (Å²) in [7, 11) is 0. The summed E-state index contributed by atoms with van der Waals surface area (Å²) in [5.41, 5.74) is 2.01. The average molecular weight is 314 g/mol. The smallest absolute Gasteiger partial charge is 0.0903 e. The zero-order valence-electron chi connectivity index (χ0n) is 13.5. The Bertz CT molecular complexity index is 439. The highest BCUT2D eigenvalue weighted by molar-refractivity contribution is 6.31. The van der Waals surface area contributed by atoms with Crippen molar-refractivity contribution in [3.05, 3.63) is 16.4 Å². The molecule has 120 valence electrons. The second kappa shape index (κ2) is 8.16. The van der Waals surface area contributed by atoms with E-state index in [0.29, 0.717) is 18.8 Å². The minimum atomic E-state index is 0.362. The fourth-order valence-corrected chi connectivity index (χ4v) is 3.40. The lowest BCUT2D eigenvalue weighted by molar-refractivity contribution is 0.00838. The maximum atomic E-state index is 6.42. The van der Waals surface area contributed by atoms with Crippen molar-refractivity contribution in [3.63, 3.8) is 0 Å². The molecule has 1 heterocycles. The van der Waals surface area contributed by atoms with E-state index in [1.165, 1.54) is 12.8 Å². The maximum absolute atomic E-state index is 6.42. The van der Waals surface area contributed by atoms with E-state index in [2.05, 4.69) is 31.2 Å². The molecule has 1 saturated carbocycles. The molecule has 5 heteroatoms. The van der Waals surface area contributed by atoms with Crippen molar-refractivity contribution in [1.82, 2.24) is 15.1 Å². The maximum Gasteiger partial charge on any atom is 0.0903 e. The second-order valence-corrected chi connectivity index (χ2v) is 6.10. The van der Waals surface area contributed by atoms with E-state index in [0.717, 1.165) is 48.8 Å². The number of rotatable bonds is 7. The van der Waals surface area contributed by atoms with Crippen molar-refractivity contribution < 1.29 is 4.74 Å². The number of nitrogens with zero attached hydrogens (tertiary/aromatic N) is 2. The summed E-state index contributed by atoms with van der Waals surface area (Å²) in [6.07, 6.45) is 5.92. The Labute approximate surface area is 133 Å². The fraction of sp³-hybridized carbons (Fsp3) is 0.812. The van der Waals surface area contributed by atoms with Crippen LogP contribution < -0.4 is 5.32 Å². The highest BCUT2D eigenvalue weighted by Crippen LogP contribution is 2.26. The minimum absolute atomic E-state index is 0.362. The lowest BCUT2D eigenvalue weighted by atomic mass is 9.93. The van der Waals surface area contributed by atoms with Gasteiger partial charge in [-0.05, 0) is 45.6 Å². The third-order valence-electron chi connectivity index (χ3n) is 4.32. The molecule has 0 bridgehead atoms. The summed E-state index contributed by atoms with van der Waals surface area (Å²) < 4.78 is 8.08. The van der Waals surface area contributed by atoms with Crippen molar-refractivity contribution in [3.8, 4) is 0 Å². The zero-order valence-corrected chi connectivity index (χ0v) is 14.2. The lowest BCUT2D eigenvalue weighted by Crippen LogP contribution is -2.35. The summed E-state index contributed by atoms with van der Waals surface area (Å²) in [6, 6.07) is 0.673. The van der Waals surface area contributed by atoms with E-state index in [1.807, 2.05) is 4.68 Å². The van der Waals surface area contributed by atoms with Crippen LogP contribution in [0.1, 0.15) is 57.8 Å². The van der Waals surface area contributed by atoms with Crippen LogP contribution in [0, 0.1) is 0 Å². The van der Waals surface area contributed by atoms with Crippen LogP contribution in [0.5, 0.6) is 0 Å². The Balaban J connectivity index is 1.88. The topological polar surface area (TPSA) is 39.1 Å². The molecule has 0 spiro atoms. The summed E-state index contributed by atoms with van der Waals surface area (Å²) in [5.74, 6) is 0. The highest BCUT2D eigenvalue weighted by atomic mass is 35.5. The molecule has 1 aliphatic carbocycles. The van der Waals surface area contributed by atoms with E-state index in [4.69, 9.17) is 16.3 Å². The van der Waals surface area contributed by atoms with Crippen molar-refractivity contribution >= 4 is 11.6 Å². The van der Waals surface area contributed by atoms with Gasteiger partial charge in [0.25, 0.3) is 0 Å². The summed E-state index contributed by atoms with van der Waals surface area (Å²) in [5, 5.41) is 8.86. The van der Waals surface area contributed by atoms with Crippen LogP contribution in [0.2, 0.25) is 5.02 Å². The first-order valence-corrected chi connectivity index (χ1v) is 8.66. The molecular weight excluding hydrogens is 286 g/mol. The van der Waals surface area contributed by atoms with Crippen molar-refractivity contribution in [1.29, 1.82) is 0 Å². The van der Waals surface area contributed by atoms with Crippen LogP contribution in [-0.4, -0.2) is 28.5 Å². The quantitative estimate of drug-likeness (QED) is 0.836. The van der Waals surface area contributed by atoms with E-state index in [1.54, 1.807) is 0 Å². The van der Waals surface area contributed by atoms with Gasteiger partial charge in [0.15, 0.2) is 0 Å². The number of nitrogens with one attached hydrogen (secondary N) is 1. The molecule has 0 aliphatic heterocycles. The van der Waals surface area contributed by atoms with Crippen LogP contribution in [0.25, 0.3) is 0 Å². The van der Waals surface area contributed by atoms with Crippen molar-refractivity contribution in [2.24, 2.45) is 0 Å². The Morgan fingerprint density at radius 3 is 2.52 bits per heavy atom. The minimum Gasteiger partial charge on any atom is -0.372 e. The Morgan fingerprint density at radius 2 is 1.95 bits per heavy atom. The number of aromatic nitrogens is 2. The third-order valence-corrected chi connectivity index (χ3v) is 4.75. The van der Waals surface area contributed by atoms with Gasteiger partial charge in [-0.2, -0.15) is 5.10 Å². The molecular formula is C16H28ClN3O. The average Bonchev–Trinajstić information content (AvgIpc) is 2.82. The number of hydrogen-bond acceptors (Lipinski definition) is 3. The third kappa shape index (κ3) is 4.21. The van der Waals surface area contributed by atoms with Gasteiger partial charge < -0.3 is 10.1 Å². The lowest BCUT2D eigenvalue weighted by Gasteiger charge is -2.29. The van der Waals surface area contributed by atoms with Gasteiger partial charge in [0.1, 0.15) is 0 Å². The number of aryl methyl sites for hydroxylation is 2. The van der Waals surface area contributed by atoms with Crippen LogP contribution in [0.4, 0.5) is 0 Å². The van der Waals surface area contributed by atoms with Gasteiger partial charge in [0.05, 0.1) is 29.1 Å². The second-order valence-electron chi connectivity index (χ2n) is 5.72. The first-order valence-electron chi connectivity index (χ1n) is 8.28. The van der Waals surface area contributed by atoms with E-state index < -0.39 is 0 Å². The largest absolute Gasteiger partial charge is 0.372 e. The predicted molar refractivity (Wildman–Crippen MR) is 86.8 cm³/mol. The summed E-state index contributed by atoms with van der Waals surface area (Å²) in [4.78, 5) is 0. The van der Waals surface area contributed by atoms with Gasteiger partial charge in [0.2, 0.25) is 0 Å². The van der Waals surface area contributed by atoms with Gasteiger partial charge in [-0.3, -0.25) is 4.68 Å². The molecule has 1 aliphatic rings. The molecule has 21 heavy (non-hydrogen) atoms. The Kier molecular flexibility index (Phi) is 6.52. The van der Waals surface area contributed by atoms with Gasteiger partial charge in [0, 0.05) is 12.6 Å². The molecule has 1 fully saturated rings. The SMILES string of the molecule is CCNC1CCC(OCc2c(Cl)c(CC)nn2CC)CC1. The van der Waals surface area contributed by atoms with Crippen LogP contribution in [0.15, 0.2) is 0 Å². The van der Waals surface area contributed by atoms with E-state index >= 15 is 0 Å². The van der Waals surface area contributed by atoms with Gasteiger partial charge in [-0.25, -0.2) is 0 Å². The van der Waals surface area contributed by atoms with Gasteiger partial charge >= 0.3 is 0 Å². The van der Waals surface area contributed by atoms with Crippen LogP contribution >= 0.6 is 11.6 Å². The standard InChI is InChI=1S/C16H28ClN3O/c1-4-14-16(17)15(20(6-3)19-14)11-21-13-9-7-12(8-10-13)18-5-2/h12-13,18H,4-11H2,1-3H3. The monoisotopic (exact) mass is 313 g/mol. The molecule has 0 amide bonds. The molecule has 0 atom stereocenters. The highest BCUT2D eigenvalue weighted by Gasteiger charge is 2.22. The van der Waals surface area contributed by atoms with Gasteiger partial charge in [-0.15, -0.1) is 0 Å². The van der Waals surface area contributed by atoms with Crippen molar-refractivity contribution in [2.75, 3.05) is 6.54 Å². The zero-order chi connectivity index (χ0) is 15.2. The molecule has 0 radical (unpaired) electrons. The first-order chi connectivity index (χ1) is 10.2. The number of halogens is 1. The van der Waals surface area contributed by atoms with Gasteiger partial charge in [-0.1, -0.05) is 25.4 Å².